The van der Waals surface area contributed by atoms with Crippen molar-refractivity contribution in [2.45, 2.75) is 80.3 Å². The van der Waals surface area contributed by atoms with E-state index in [0.717, 1.165) is 46.2 Å². The molecule has 2 aromatic rings. The van der Waals surface area contributed by atoms with Gasteiger partial charge in [-0.05, 0) is 64.7 Å². The summed E-state index contributed by atoms with van der Waals surface area (Å²) in [5.74, 6) is 1.24. The zero-order valence-electron chi connectivity index (χ0n) is 27.4. The molecule has 1 saturated heterocycles. The number of amides is 1. The van der Waals surface area contributed by atoms with Crippen LogP contribution < -0.4 is 4.90 Å². The number of benzene rings is 1. The molecule has 3 rings (SSSR count). The predicted molar refractivity (Wildman–Crippen MR) is 182 cm³/mol. The minimum Gasteiger partial charge on any atom is -0.444 e. The average molecular weight is 608 g/mol. The molecule has 1 atom stereocenters. The van der Waals surface area contributed by atoms with Crippen LogP contribution >= 0.6 is 11.6 Å². The van der Waals surface area contributed by atoms with Crippen LogP contribution in [-0.4, -0.2) is 59.0 Å². The maximum Gasteiger partial charge on any atom is 0.410 e. The van der Waals surface area contributed by atoms with Crippen LogP contribution in [0, 0.1) is 12.8 Å². The number of allylic oxidation sites excluding steroid dienone is 4. The molecule has 2 heterocycles. The van der Waals surface area contributed by atoms with Crippen LogP contribution in [0.5, 0.6) is 0 Å². The van der Waals surface area contributed by atoms with Crippen LogP contribution in [0.4, 0.5) is 10.6 Å². The molecular weight excluding hydrogens is 558 g/mol. The van der Waals surface area contributed by atoms with E-state index in [9.17, 15) is 4.79 Å². The number of carbonyl (C=O) groups excluding carboxylic acids is 1. The molecule has 8 heteroatoms. The highest BCUT2D eigenvalue weighted by Gasteiger charge is 2.28. The van der Waals surface area contributed by atoms with Crippen LogP contribution in [0.25, 0.3) is 5.57 Å². The van der Waals surface area contributed by atoms with Gasteiger partial charge in [0.15, 0.2) is 0 Å². The summed E-state index contributed by atoms with van der Waals surface area (Å²) in [6.45, 7) is 22.4. The number of nitrogens with zero attached hydrogens (tertiary/aromatic N) is 5. The Kier molecular flexibility index (Phi) is 14.6. The second-order valence-corrected chi connectivity index (χ2v) is 12.1. The normalized spacial score (nSPS) is 15.2. The molecule has 1 amide bonds. The van der Waals surface area contributed by atoms with Gasteiger partial charge in [-0.3, -0.25) is 4.99 Å². The van der Waals surface area contributed by atoms with E-state index in [4.69, 9.17) is 16.3 Å². The molecule has 1 fully saturated rings. The summed E-state index contributed by atoms with van der Waals surface area (Å²) >= 11 is 5.78. The summed E-state index contributed by atoms with van der Waals surface area (Å²) < 4.78 is 5.54. The van der Waals surface area contributed by atoms with Crippen molar-refractivity contribution in [2.75, 3.05) is 31.1 Å². The zero-order chi connectivity index (χ0) is 32.0. The minimum absolute atomic E-state index is 0.270. The lowest BCUT2D eigenvalue weighted by Gasteiger charge is -2.37. The topological polar surface area (TPSA) is 70.9 Å². The molecule has 7 nitrogen and oxygen atoms in total. The van der Waals surface area contributed by atoms with Gasteiger partial charge in [-0.15, -0.1) is 0 Å². The first-order valence-electron chi connectivity index (χ1n) is 15.3. The Morgan fingerprint density at radius 3 is 2.44 bits per heavy atom. The highest BCUT2D eigenvalue weighted by atomic mass is 35.5. The van der Waals surface area contributed by atoms with Crippen molar-refractivity contribution in [3.8, 4) is 0 Å². The second kappa shape index (κ2) is 17.6. The van der Waals surface area contributed by atoms with E-state index in [1.807, 2.05) is 52.8 Å². The lowest BCUT2D eigenvalue weighted by molar-refractivity contribution is 0.0240. The minimum atomic E-state index is -0.504. The Morgan fingerprint density at radius 2 is 1.88 bits per heavy atom. The standard InChI is InChI=1S/C26H39N5O2.C9H11Cl/c1-9-12-27-22(17-19(4)10-2)21(11-3)23-20(5)28-18-29-24(23)30-13-15-31(16-14-30)25(32)33-26(6,7)8;1-2-4-8-5-3-6-9(10)7-8/h9,11-12,17-19H,1,10,13-16H2,2-8H3;3,5-7H,2,4H2,1H3/b21-11-,22-17-,27-12?;. The van der Waals surface area contributed by atoms with Gasteiger partial charge in [0.2, 0.25) is 0 Å². The molecule has 0 bridgehead atoms. The number of piperazine rings is 1. The Labute approximate surface area is 264 Å². The van der Waals surface area contributed by atoms with Gasteiger partial charge in [0.1, 0.15) is 17.7 Å². The summed E-state index contributed by atoms with van der Waals surface area (Å²) in [4.78, 5) is 30.3. The van der Waals surface area contributed by atoms with Crippen LogP contribution in [-0.2, 0) is 11.2 Å². The fourth-order valence-corrected chi connectivity index (χ4v) is 4.78. The smallest absolute Gasteiger partial charge is 0.410 e. The molecule has 0 aliphatic carbocycles. The largest absolute Gasteiger partial charge is 0.444 e. The van der Waals surface area contributed by atoms with E-state index in [0.29, 0.717) is 32.1 Å². The van der Waals surface area contributed by atoms with Crippen molar-refractivity contribution in [3.63, 3.8) is 0 Å². The Morgan fingerprint density at radius 1 is 1.19 bits per heavy atom. The SMILES string of the molecule is C=CC=NC(=C\C(C)CC)/C(=C/C)c1c(C)ncnc1N1CCN(C(=O)OC(C)(C)C)CC1.CCCc1cccc(Cl)c1. The molecule has 0 radical (unpaired) electrons. The third kappa shape index (κ3) is 11.6. The first kappa shape index (κ1) is 35.7. The number of anilines is 1. The van der Waals surface area contributed by atoms with Crippen LogP contribution in [0.1, 0.15) is 78.1 Å². The van der Waals surface area contributed by atoms with Gasteiger partial charge in [0, 0.05) is 48.6 Å². The van der Waals surface area contributed by atoms with Crippen LogP contribution in [0.15, 0.2) is 66.1 Å². The van der Waals surface area contributed by atoms with Gasteiger partial charge in [0.05, 0.1) is 11.4 Å². The number of aromatic nitrogens is 2. The van der Waals surface area contributed by atoms with Crippen molar-refractivity contribution in [1.29, 1.82) is 0 Å². The Hall–Kier alpha value is -3.45. The lowest BCUT2D eigenvalue weighted by atomic mass is 9.97. The van der Waals surface area contributed by atoms with Crippen molar-refractivity contribution in [3.05, 3.63) is 82.9 Å². The van der Waals surface area contributed by atoms with Gasteiger partial charge in [-0.2, -0.15) is 0 Å². The molecule has 0 saturated carbocycles. The van der Waals surface area contributed by atoms with E-state index < -0.39 is 5.60 Å². The fourth-order valence-electron chi connectivity index (χ4n) is 4.57. The predicted octanol–water partition coefficient (Wildman–Crippen LogP) is 8.72. The van der Waals surface area contributed by atoms with Gasteiger partial charge >= 0.3 is 6.09 Å². The third-order valence-corrected chi connectivity index (χ3v) is 7.15. The van der Waals surface area contributed by atoms with Crippen molar-refractivity contribution in [2.24, 2.45) is 10.9 Å². The van der Waals surface area contributed by atoms with Gasteiger partial charge in [-0.25, -0.2) is 14.8 Å². The summed E-state index contributed by atoms with van der Waals surface area (Å²) in [7, 11) is 0. The molecule has 43 heavy (non-hydrogen) atoms. The summed E-state index contributed by atoms with van der Waals surface area (Å²) in [6, 6.07) is 8.02. The monoisotopic (exact) mass is 607 g/mol. The number of rotatable bonds is 9. The first-order valence-corrected chi connectivity index (χ1v) is 15.6. The first-order chi connectivity index (χ1) is 20.4. The molecular formula is C35H50ClN5O2. The number of carbonyl (C=O) groups is 1. The van der Waals surface area contributed by atoms with Crippen LogP contribution in [0.3, 0.4) is 0 Å². The maximum atomic E-state index is 12.5. The number of hydrogen-bond donors (Lipinski definition) is 0. The Bertz CT molecular complexity index is 1290. The quantitative estimate of drug-likeness (QED) is 0.210. The number of hydrogen-bond acceptors (Lipinski definition) is 6. The summed E-state index contributed by atoms with van der Waals surface area (Å²) in [5.41, 5.74) is 4.58. The van der Waals surface area contributed by atoms with E-state index in [1.54, 1.807) is 23.5 Å². The summed E-state index contributed by atoms with van der Waals surface area (Å²) in [6.07, 6.45) is 12.3. The molecule has 1 aliphatic heterocycles. The summed E-state index contributed by atoms with van der Waals surface area (Å²) in [5, 5.41) is 0.839. The van der Waals surface area contributed by atoms with Crippen molar-refractivity contribution in [1.82, 2.24) is 14.9 Å². The van der Waals surface area contributed by atoms with Gasteiger partial charge in [-0.1, -0.05) is 82.2 Å². The van der Waals surface area contributed by atoms with Gasteiger partial charge in [0.25, 0.3) is 0 Å². The second-order valence-electron chi connectivity index (χ2n) is 11.6. The highest BCUT2D eigenvalue weighted by molar-refractivity contribution is 6.30. The molecule has 1 aromatic carbocycles. The number of ether oxygens (including phenoxy) is 1. The van der Waals surface area contributed by atoms with E-state index in [1.165, 1.54) is 12.0 Å². The molecule has 0 N–H and O–H groups in total. The molecule has 0 spiro atoms. The lowest BCUT2D eigenvalue weighted by Crippen LogP contribution is -2.50. The number of aliphatic imine (C=N–C) groups is 1. The van der Waals surface area contributed by atoms with Crippen molar-refractivity contribution < 1.29 is 9.53 Å². The fraction of sp³-hybridized carbons (Fsp3) is 0.486. The number of aryl methyl sites for hydroxylation is 2. The molecule has 1 unspecified atom stereocenters. The molecule has 1 aromatic heterocycles. The zero-order valence-corrected chi connectivity index (χ0v) is 28.1. The van der Waals surface area contributed by atoms with Crippen molar-refractivity contribution >= 4 is 35.3 Å². The average Bonchev–Trinajstić information content (AvgIpc) is 2.96. The molecule has 234 valence electrons. The Balaban J connectivity index is 0.000000543. The highest BCUT2D eigenvalue weighted by Crippen LogP contribution is 2.34. The van der Waals surface area contributed by atoms with E-state index in [-0.39, 0.29) is 6.09 Å². The number of halogens is 1. The maximum absolute atomic E-state index is 12.5. The van der Waals surface area contributed by atoms with Crippen LogP contribution in [0.2, 0.25) is 5.02 Å². The third-order valence-electron chi connectivity index (χ3n) is 6.91. The molecule has 1 aliphatic rings. The van der Waals surface area contributed by atoms with E-state index >= 15 is 0 Å². The van der Waals surface area contributed by atoms with Gasteiger partial charge < -0.3 is 14.5 Å². The van der Waals surface area contributed by atoms with E-state index in [2.05, 4.69) is 65.4 Å².